The summed E-state index contributed by atoms with van der Waals surface area (Å²) in [4.78, 5) is 4.31. The van der Waals surface area contributed by atoms with Crippen molar-refractivity contribution >= 4 is 11.4 Å². The van der Waals surface area contributed by atoms with Gasteiger partial charge in [0.05, 0.1) is 29.6 Å². The molecular formula is C18H18N4O. The molecule has 1 N–H and O–H groups in total. The van der Waals surface area contributed by atoms with Crippen molar-refractivity contribution in [3.8, 4) is 17.9 Å². The fourth-order valence-electron chi connectivity index (χ4n) is 2.23. The first-order chi connectivity index (χ1) is 11.1. The molecule has 2 rings (SSSR count). The van der Waals surface area contributed by atoms with Crippen LogP contribution in [0.3, 0.4) is 0 Å². The topological polar surface area (TPSA) is 81.7 Å². The van der Waals surface area contributed by atoms with Crippen molar-refractivity contribution < 1.29 is 4.74 Å². The molecule has 0 amide bonds. The molecule has 116 valence electrons. The van der Waals surface area contributed by atoms with Crippen molar-refractivity contribution in [1.82, 2.24) is 4.98 Å². The number of aryl methyl sites for hydroxylation is 2. The number of hydrogen-bond donors (Lipinski definition) is 1. The number of unbranched alkanes of at least 4 members (excludes halogenated alkanes) is 1. The zero-order valence-electron chi connectivity index (χ0n) is 13.3. The number of benzene rings is 1. The van der Waals surface area contributed by atoms with E-state index < -0.39 is 0 Å². The van der Waals surface area contributed by atoms with Crippen LogP contribution in [0.5, 0.6) is 5.75 Å². The molecule has 0 atom stereocenters. The van der Waals surface area contributed by atoms with Gasteiger partial charge in [0, 0.05) is 23.9 Å². The highest BCUT2D eigenvalue weighted by atomic mass is 16.5. The van der Waals surface area contributed by atoms with E-state index >= 15 is 0 Å². The summed E-state index contributed by atoms with van der Waals surface area (Å²) in [6, 6.07) is 13.7. The van der Waals surface area contributed by atoms with Gasteiger partial charge in [0.15, 0.2) is 0 Å². The standard InChI is InChI=1S/C18H18N4O/c1-13-10-18(17(12-20)14(2)21-13)22-15-6-5-7-16(11-15)23-9-4-3-8-19/h5-7,10-11H,3-4,9H2,1-2H3,(H,21,22). The van der Waals surface area contributed by atoms with Crippen LogP contribution in [0.25, 0.3) is 0 Å². The van der Waals surface area contributed by atoms with E-state index in [0.29, 0.717) is 30.7 Å². The van der Waals surface area contributed by atoms with E-state index in [9.17, 15) is 5.26 Å². The highest BCUT2D eigenvalue weighted by Crippen LogP contribution is 2.25. The molecule has 1 aromatic heterocycles. The lowest BCUT2D eigenvalue weighted by Gasteiger charge is -2.12. The maximum atomic E-state index is 9.31. The number of rotatable bonds is 6. The number of ether oxygens (including phenoxy) is 1. The zero-order chi connectivity index (χ0) is 16.7. The van der Waals surface area contributed by atoms with Crippen LogP contribution in [0.15, 0.2) is 30.3 Å². The summed E-state index contributed by atoms with van der Waals surface area (Å²) in [5.74, 6) is 0.731. The van der Waals surface area contributed by atoms with E-state index in [4.69, 9.17) is 10.00 Å². The van der Waals surface area contributed by atoms with E-state index in [0.717, 1.165) is 22.8 Å². The minimum atomic E-state index is 0.485. The predicted molar refractivity (Wildman–Crippen MR) is 88.5 cm³/mol. The first-order valence-electron chi connectivity index (χ1n) is 7.39. The maximum Gasteiger partial charge on any atom is 0.121 e. The van der Waals surface area contributed by atoms with Crippen LogP contribution in [-0.2, 0) is 0 Å². The van der Waals surface area contributed by atoms with Gasteiger partial charge < -0.3 is 10.1 Å². The Morgan fingerprint density at radius 2 is 2.04 bits per heavy atom. The molecule has 0 aliphatic heterocycles. The molecule has 0 bridgehead atoms. The highest BCUT2D eigenvalue weighted by Gasteiger charge is 2.08. The fourth-order valence-corrected chi connectivity index (χ4v) is 2.23. The Balaban J connectivity index is 2.15. The van der Waals surface area contributed by atoms with Gasteiger partial charge in [-0.05, 0) is 38.5 Å². The lowest BCUT2D eigenvalue weighted by atomic mass is 10.1. The lowest BCUT2D eigenvalue weighted by Crippen LogP contribution is -2.00. The Labute approximate surface area is 136 Å². The third kappa shape index (κ3) is 4.46. The van der Waals surface area contributed by atoms with Crippen LogP contribution < -0.4 is 10.1 Å². The Morgan fingerprint density at radius 1 is 1.22 bits per heavy atom. The molecule has 0 aliphatic rings. The van der Waals surface area contributed by atoms with Crippen molar-refractivity contribution in [3.63, 3.8) is 0 Å². The van der Waals surface area contributed by atoms with Crippen LogP contribution in [0, 0.1) is 36.5 Å². The van der Waals surface area contributed by atoms with Crippen LogP contribution >= 0.6 is 0 Å². The molecule has 1 heterocycles. The minimum absolute atomic E-state index is 0.485. The SMILES string of the molecule is Cc1cc(Nc2cccc(OCCCC#N)c2)c(C#N)c(C)n1. The van der Waals surface area contributed by atoms with Crippen LogP contribution in [0.4, 0.5) is 11.4 Å². The molecule has 0 spiro atoms. The van der Waals surface area contributed by atoms with E-state index in [-0.39, 0.29) is 0 Å². The summed E-state index contributed by atoms with van der Waals surface area (Å²) >= 11 is 0. The highest BCUT2D eigenvalue weighted by molar-refractivity contribution is 5.68. The van der Waals surface area contributed by atoms with Gasteiger partial charge in [-0.1, -0.05) is 6.07 Å². The number of nitriles is 2. The normalized spacial score (nSPS) is 9.74. The van der Waals surface area contributed by atoms with Crippen LogP contribution in [0.2, 0.25) is 0 Å². The van der Waals surface area contributed by atoms with E-state index in [2.05, 4.69) is 22.4 Å². The Morgan fingerprint density at radius 3 is 2.78 bits per heavy atom. The molecular weight excluding hydrogens is 288 g/mol. The average molecular weight is 306 g/mol. The first-order valence-corrected chi connectivity index (χ1v) is 7.39. The molecule has 0 unspecified atom stereocenters. The molecule has 2 aromatic rings. The molecule has 0 radical (unpaired) electrons. The van der Waals surface area contributed by atoms with Crippen molar-refractivity contribution in [3.05, 3.63) is 47.3 Å². The molecule has 0 saturated carbocycles. The predicted octanol–water partition coefficient (Wildman–Crippen LogP) is 4.00. The summed E-state index contributed by atoms with van der Waals surface area (Å²) in [6.07, 6.45) is 1.19. The monoisotopic (exact) mass is 306 g/mol. The number of nitrogens with one attached hydrogen (secondary N) is 1. The molecule has 23 heavy (non-hydrogen) atoms. The molecule has 0 aliphatic carbocycles. The van der Waals surface area contributed by atoms with Crippen molar-refractivity contribution in [1.29, 1.82) is 10.5 Å². The van der Waals surface area contributed by atoms with Crippen molar-refractivity contribution in [2.24, 2.45) is 0 Å². The summed E-state index contributed by atoms with van der Waals surface area (Å²) in [7, 11) is 0. The van der Waals surface area contributed by atoms with Gasteiger partial charge in [-0.15, -0.1) is 0 Å². The van der Waals surface area contributed by atoms with Gasteiger partial charge in [-0.25, -0.2) is 0 Å². The summed E-state index contributed by atoms with van der Waals surface area (Å²) < 4.78 is 5.62. The molecule has 0 saturated heterocycles. The second-order valence-corrected chi connectivity index (χ2v) is 5.15. The number of hydrogen-bond acceptors (Lipinski definition) is 5. The summed E-state index contributed by atoms with van der Waals surface area (Å²) in [6.45, 7) is 4.23. The van der Waals surface area contributed by atoms with E-state index in [1.807, 2.05) is 44.2 Å². The van der Waals surface area contributed by atoms with Gasteiger partial charge in [0.25, 0.3) is 0 Å². The van der Waals surface area contributed by atoms with E-state index in [1.54, 1.807) is 0 Å². The largest absolute Gasteiger partial charge is 0.493 e. The Kier molecular flexibility index (Phi) is 5.55. The summed E-state index contributed by atoms with van der Waals surface area (Å²) in [5, 5.41) is 21.1. The fraction of sp³-hybridized carbons (Fsp3) is 0.278. The molecule has 1 aromatic carbocycles. The van der Waals surface area contributed by atoms with Gasteiger partial charge in [0.1, 0.15) is 11.8 Å². The third-order valence-electron chi connectivity index (χ3n) is 3.25. The van der Waals surface area contributed by atoms with Gasteiger partial charge in [-0.2, -0.15) is 10.5 Å². The molecule has 0 fully saturated rings. The smallest absolute Gasteiger partial charge is 0.121 e. The average Bonchev–Trinajstić information content (AvgIpc) is 2.52. The maximum absolute atomic E-state index is 9.31. The second-order valence-electron chi connectivity index (χ2n) is 5.15. The summed E-state index contributed by atoms with van der Waals surface area (Å²) in [5.41, 5.74) is 3.67. The molecule has 5 heteroatoms. The first kappa shape index (κ1) is 16.3. The number of aromatic nitrogens is 1. The number of pyridine rings is 1. The minimum Gasteiger partial charge on any atom is -0.493 e. The number of anilines is 2. The Hall–Kier alpha value is -3.05. The van der Waals surface area contributed by atoms with Gasteiger partial charge in [-0.3, -0.25) is 4.98 Å². The van der Waals surface area contributed by atoms with Gasteiger partial charge in [0.2, 0.25) is 0 Å². The quantitative estimate of drug-likeness (QED) is 0.816. The zero-order valence-corrected chi connectivity index (χ0v) is 13.3. The van der Waals surface area contributed by atoms with Crippen LogP contribution in [-0.4, -0.2) is 11.6 Å². The number of nitrogens with zero attached hydrogens (tertiary/aromatic N) is 3. The molecule has 5 nitrogen and oxygen atoms in total. The Bertz CT molecular complexity index is 772. The van der Waals surface area contributed by atoms with Crippen molar-refractivity contribution in [2.75, 3.05) is 11.9 Å². The lowest BCUT2D eigenvalue weighted by molar-refractivity contribution is 0.313. The van der Waals surface area contributed by atoms with Crippen molar-refractivity contribution in [2.45, 2.75) is 26.7 Å². The van der Waals surface area contributed by atoms with Crippen LogP contribution in [0.1, 0.15) is 29.8 Å². The van der Waals surface area contributed by atoms with E-state index in [1.165, 1.54) is 0 Å². The third-order valence-corrected chi connectivity index (χ3v) is 3.25. The van der Waals surface area contributed by atoms with Gasteiger partial charge >= 0.3 is 0 Å². The second kappa shape index (κ2) is 7.82.